The molecule has 1 aromatic carbocycles. The summed E-state index contributed by atoms with van der Waals surface area (Å²) in [5.74, 6) is 1.54. The lowest BCUT2D eigenvalue weighted by atomic mass is 10.1. The van der Waals surface area contributed by atoms with Crippen LogP contribution in [0.1, 0.15) is 18.6 Å². The molecular formula is C15H19FN2O2S. The monoisotopic (exact) mass is 310 g/mol. The molecule has 0 spiro atoms. The summed E-state index contributed by atoms with van der Waals surface area (Å²) in [6.45, 7) is 3.10. The second kappa shape index (κ2) is 6.34. The van der Waals surface area contributed by atoms with Crippen LogP contribution in [0.4, 0.5) is 4.39 Å². The molecule has 0 aromatic heterocycles. The molecule has 3 atom stereocenters. The largest absolute Gasteiger partial charge is 0.367 e. The number of nitrogens with zero attached hydrogens (tertiary/aromatic N) is 1. The molecule has 2 saturated heterocycles. The van der Waals surface area contributed by atoms with E-state index in [1.807, 2.05) is 11.8 Å². The third-order valence-electron chi connectivity index (χ3n) is 3.83. The molecule has 0 bridgehead atoms. The Morgan fingerprint density at radius 3 is 2.81 bits per heavy atom. The minimum atomic E-state index is -0.261. The van der Waals surface area contributed by atoms with Gasteiger partial charge in [0.05, 0.1) is 18.7 Å². The van der Waals surface area contributed by atoms with Crippen molar-refractivity contribution in [2.45, 2.75) is 25.2 Å². The molecule has 2 aliphatic heterocycles. The van der Waals surface area contributed by atoms with Crippen LogP contribution in [-0.4, -0.2) is 47.7 Å². The summed E-state index contributed by atoms with van der Waals surface area (Å²) in [6, 6.07) is 6.22. The average Bonchev–Trinajstić information content (AvgIpc) is 3.00. The number of halogens is 1. The van der Waals surface area contributed by atoms with Crippen LogP contribution in [0, 0.1) is 5.82 Å². The average molecular weight is 310 g/mol. The van der Waals surface area contributed by atoms with Crippen molar-refractivity contribution in [3.63, 3.8) is 0 Å². The lowest BCUT2D eigenvalue weighted by molar-refractivity contribution is -0.146. The number of morpholine rings is 1. The predicted octanol–water partition coefficient (Wildman–Crippen LogP) is 1.78. The molecule has 114 valence electrons. The lowest BCUT2D eigenvalue weighted by Gasteiger charge is -2.38. The van der Waals surface area contributed by atoms with Crippen molar-refractivity contribution in [2.24, 2.45) is 0 Å². The molecule has 1 amide bonds. The molecule has 0 radical (unpaired) electrons. The molecule has 4 nitrogen and oxygen atoms in total. The van der Waals surface area contributed by atoms with Gasteiger partial charge in [0, 0.05) is 18.2 Å². The van der Waals surface area contributed by atoms with Gasteiger partial charge in [-0.3, -0.25) is 10.1 Å². The van der Waals surface area contributed by atoms with Crippen LogP contribution in [0.25, 0.3) is 0 Å². The zero-order chi connectivity index (χ0) is 14.8. The Morgan fingerprint density at radius 2 is 2.14 bits per heavy atom. The Bertz CT molecular complexity index is 505. The highest BCUT2D eigenvalue weighted by Gasteiger charge is 2.33. The smallest absolute Gasteiger partial charge is 0.240 e. The standard InChI is InChI=1S/C15H19FN2O2S/c1-10-6-18(15(19)13-8-21-9-17-13)7-14(20-10)11-2-4-12(16)5-3-11/h2-5,10,13-14,17H,6-9H2,1H3/t10-,13-,14+/m1/s1. The summed E-state index contributed by atoms with van der Waals surface area (Å²) in [7, 11) is 0. The van der Waals surface area contributed by atoms with Gasteiger partial charge in [0.15, 0.2) is 0 Å². The fraction of sp³-hybridized carbons (Fsp3) is 0.533. The highest BCUT2D eigenvalue weighted by Crippen LogP contribution is 2.26. The van der Waals surface area contributed by atoms with Crippen LogP contribution in [0.3, 0.4) is 0 Å². The van der Waals surface area contributed by atoms with Gasteiger partial charge in [-0.2, -0.15) is 0 Å². The van der Waals surface area contributed by atoms with E-state index in [9.17, 15) is 9.18 Å². The number of rotatable bonds is 2. The Labute approximate surface area is 128 Å². The molecule has 1 N–H and O–H groups in total. The second-order valence-corrected chi connectivity index (χ2v) is 6.53. The molecular weight excluding hydrogens is 291 g/mol. The van der Waals surface area contributed by atoms with Gasteiger partial charge in [0.1, 0.15) is 11.9 Å². The van der Waals surface area contributed by atoms with Crippen LogP contribution in [0.5, 0.6) is 0 Å². The maximum absolute atomic E-state index is 13.0. The van der Waals surface area contributed by atoms with Gasteiger partial charge >= 0.3 is 0 Å². The minimum Gasteiger partial charge on any atom is -0.367 e. The van der Waals surface area contributed by atoms with Crippen LogP contribution >= 0.6 is 11.8 Å². The van der Waals surface area contributed by atoms with Crippen molar-refractivity contribution < 1.29 is 13.9 Å². The number of nitrogens with one attached hydrogen (secondary N) is 1. The molecule has 0 saturated carbocycles. The normalized spacial score (nSPS) is 29.6. The second-order valence-electron chi connectivity index (χ2n) is 5.50. The third-order valence-corrected chi connectivity index (χ3v) is 4.77. The van der Waals surface area contributed by atoms with Crippen molar-refractivity contribution in [1.29, 1.82) is 0 Å². The molecule has 3 rings (SSSR count). The first-order valence-electron chi connectivity index (χ1n) is 7.14. The first kappa shape index (κ1) is 14.8. The maximum atomic E-state index is 13.0. The maximum Gasteiger partial charge on any atom is 0.240 e. The molecule has 21 heavy (non-hydrogen) atoms. The highest BCUT2D eigenvalue weighted by atomic mass is 32.2. The number of carbonyl (C=O) groups is 1. The molecule has 0 unspecified atom stereocenters. The third kappa shape index (κ3) is 3.39. The Balaban J connectivity index is 1.71. The Hall–Kier alpha value is -1.11. The van der Waals surface area contributed by atoms with Crippen molar-refractivity contribution >= 4 is 17.7 Å². The topological polar surface area (TPSA) is 41.6 Å². The summed E-state index contributed by atoms with van der Waals surface area (Å²) in [6.07, 6.45) is -0.209. The Kier molecular flexibility index (Phi) is 4.47. The van der Waals surface area contributed by atoms with E-state index < -0.39 is 0 Å². The van der Waals surface area contributed by atoms with Gasteiger partial charge in [0.2, 0.25) is 5.91 Å². The van der Waals surface area contributed by atoms with E-state index in [2.05, 4.69) is 5.32 Å². The first-order chi connectivity index (χ1) is 10.1. The zero-order valence-corrected chi connectivity index (χ0v) is 12.7. The van der Waals surface area contributed by atoms with E-state index in [0.29, 0.717) is 13.1 Å². The van der Waals surface area contributed by atoms with E-state index >= 15 is 0 Å². The van der Waals surface area contributed by atoms with E-state index in [1.165, 1.54) is 12.1 Å². The zero-order valence-electron chi connectivity index (χ0n) is 11.9. The predicted molar refractivity (Wildman–Crippen MR) is 80.5 cm³/mol. The van der Waals surface area contributed by atoms with Gasteiger partial charge in [-0.1, -0.05) is 12.1 Å². The fourth-order valence-electron chi connectivity index (χ4n) is 2.77. The summed E-state index contributed by atoms with van der Waals surface area (Å²) >= 11 is 1.74. The van der Waals surface area contributed by atoms with Crippen molar-refractivity contribution in [3.05, 3.63) is 35.6 Å². The summed E-state index contributed by atoms with van der Waals surface area (Å²) < 4.78 is 18.9. The van der Waals surface area contributed by atoms with Crippen LogP contribution in [0.2, 0.25) is 0 Å². The van der Waals surface area contributed by atoms with Crippen molar-refractivity contribution in [2.75, 3.05) is 24.7 Å². The van der Waals surface area contributed by atoms with Crippen LogP contribution in [-0.2, 0) is 9.53 Å². The minimum absolute atomic E-state index is 0.0215. The van der Waals surface area contributed by atoms with Crippen molar-refractivity contribution in [1.82, 2.24) is 10.2 Å². The van der Waals surface area contributed by atoms with E-state index in [1.54, 1.807) is 23.9 Å². The molecule has 6 heteroatoms. The SMILES string of the molecule is C[C@@H]1CN(C(=O)[C@H]2CSCN2)C[C@@H](c2ccc(F)cc2)O1. The van der Waals surface area contributed by atoms with E-state index in [4.69, 9.17) is 4.74 Å². The quantitative estimate of drug-likeness (QED) is 0.904. The van der Waals surface area contributed by atoms with E-state index in [-0.39, 0.29) is 30.0 Å². The van der Waals surface area contributed by atoms with Gasteiger partial charge < -0.3 is 9.64 Å². The molecule has 2 fully saturated rings. The fourth-order valence-corrected chi connectivity index (χ4v) is 3.70. The summed E-state index contributed by atoms with van der Waals surface area (Å²) in [5.41, 5.74) is 0.912. The van der Waals surface area contributed by atoms with Gasteiger partial charge in [-0.25, -0.2) is 4.39 Å². The molecule has 2 heterocycles. The lowest BCUT2D eigenvalue weighted by Crippen LogP contribution is -2.52. The van der Waals surface area contributed by atoms with Gasteiger partial charge in [-0.05, 0) is 24.6 Å². The molecule has 0 aliphatic carbocycles. The number of ether oxygens (including phenoxy) is 1. The number of carbonyl (C=O) groups excluding carboxylic acids is 1. The summed E-state index contributed by atoms with van der Waals surface area (Å²) in [4.78, 5) is 14.4. The number of benzene rings is 1. The van der Waals surface area contributed by atoms with Crippen LogP contribution in [0.15, 0.2) is 24.3 Å². The number of hydrogen-bond donors (Lipinski definition) is 1. The van der Waals surface area contributed by atoms with Crippen molar-refractivity contribution in [3.8, 4) is 0 Å². The summed E-state index contributed by atoms with van der Waals surface area (Å²) in [5, 5.41) is 3.21. The van der Waals surface area contributed by atoms with Crippen LogP contribution < -0.4 is 5.32 Å². The molecule has 2 aliphatic rings. The number of hydrogen-bond acceptors (Lipinski definition) is 4. The Morgan fingerprint density at radius 1 is 1.38 bits per heavy atom. The molecule has 1 aromatic rings. The highest BCUT2D eigenvalue weighted by molar-refractivity contribution is 7.99. The first-order valence-corrected chi connectivity index (χ1v) is 8.30. The van der Waals surface area contributed by atoms with Gasteiger partial charge in [-0.15, -0.1) is 11.8 Å². The van der Waals surface area contributed by atoms with E-state index in [0.717, 1.165) is 17.2 Å². The van der Waals surface area contributed by atoms with Gasteiger partial charge in [0.25, 0.3) is 0 Å². The number of thioether (sulfide) groups is 1. The number of amides is 1.